The fraction of sp³-hybridized carbons (Fsp3) is 0.846. The van der Waals surface area contributed by atoms with E-state index in [1.807, 2.05) is 4.68 Å². The summed E-state index contributed by atoms with van der Waals surface area (Å²) in [5.41, 5.74) is 0.156. The minimum atomic E-state index is -0.733. The summed E-state index contributed by atoms with van der Waals surface area (Å²) in [5, 5.41) is 18.8. The van der Waals surface area contributed by atoms with Gasteiger partial charge in [0.05, 0.1) is 11.9 Å². The van der Waals surface area contributed by atoms with Gasteiger partial charge < -0.3 is 10.0 Å². The summed E-state index contributed by atoms with van der Waals surface area (Å²) in [6.45, 7) is 8.18. The lowest BCUT2D eigenvalue weighted by Gasteiger charge is -2.38. The normalized spacial score (nSPS) is 20.2. The monoisotopic (exact) mass is 252 g/mol. The van der Waals surface area contributed by atoms with Gasteiger partial charge in [-0.2, -0.15) is 0 Å². The van der Waals surface area contributed by atoms with E-state index in [-0.39, 0.29) is 0 Å². The standard InChI is InChI=1S/C13H24N4O/c1-3-7-16-9-5-13(18,6-10-16)12-11-14-15-17(12)8-4-2/h11,18H,3-10H2,1-2H3. The van der Waals surface area contributed by atoms with Gasteiger partial charge in [0, 0.05) is 19.6 Å². The van der Waals surface area contributed by atoms with Crippen molar-refractivity contribution in [2.24, 2.45) is 0 Å². The molecule has 0 bridgehead atoms. The third-order valence-electron chi connectivity index (χ3n) is 3.75. The Morgan fingerprint density at radius 2 is 1.89 bits per heavy atom. The van der Waals surface area contributed by atoms with E-state index in [4.69, 9.17) is 0 Å². The molecule has 1 fully saturated rings. The van der Waals surface area contributed by atoms with Crippen LogP contribution in [0.2, 0.25) is 0 Å². The van der Waals surface area contributed by atoms with E-state index in [1.54, 1.807) is 6.20 Å². The lowest BCUT2D eigenvalue weighted by molar-refractivity contribution is -0.0326. The van der Waals surface area contributed by atoms with Crippen LogP contribution >= 0.6 is 0 Å². The smallest absolute Gasteiger partial charge is 0.110 e. The van der Waals surface area contributed by atoms with Crippen molar-refractivity contribution in [2.45, 2.75) is 51.7 Å². The first-order chi connectivity index (χ1) is 8.69. The van der Waals surface area contributed by atoms with Crippen molar-refractivity contribution in [2.75, 3.05) is 19.6 Å². The number of piperidine rings is 1. The second-order valence-electron chi connectivity index (χ2n) is 5.22. The molecular formula is C13H24N4O. The zero-order chi connectivity index (χ0) is 13.0. The first-order valence-electron chi connectivity index (χ1n) is 7.03. The van der Waals surface area contributed by atoms with Gasteiger partial charge in [-0.3, -0.25) is 0 Å². The van der Waals surface area contributed by atoms with Crippen LogP contribution in [0.4, 0.5) is 0 Å². The highest BCUT2D eigenvalue weighted by atomic mass is 16.3. The van der Waals surface area contributed by atoms with Crippen molar-refractivity contribution in [1.29, 1.82) is 0 Å². The fourth-order valence-corrected chi connectivity index (χ4v) is 2.71. The minimum absolute atomic E-state index is 0.733. The Morgan fingerprint density at radius 3 is 2.50 bits per heavy atom. The lowest BCUT2D eigenvalue weighted by atomic mass is 9.88. The summed E-state index contributed by atoms with van der Waals surface area (Å²) in [6.07, 6.45) is 5.47. The molecule has 1 saturated heterocycles. The Labute approximate surface area is 109 Å². The molecule has 1 N–H and O–H groups in total. The quantitative estimate of drug-likeness (QED) is 0.860. The second-order valence-corrected chi connectivity index (χ2v) is 5.22. The first-order valence-corrected chi connectivity index (χ1v) is 7.03. The van der Waals surface area contributed by atoms with E-state index < -0.39 is 5.60 Å². The maximum absolute atomic E-state index is 10.8. The van der Waals surface area contributed by atoms with E-state index in [0.29, 0.717) is 0 Å². The summed E-state index contributed by atoms with van der Waals surface area (Å²) in [6, 6.07) is 0. The molecule has 0 atom stereocenters. The van der Waals surface area contributed by atoms with Crippen LogP contribution in [0.15, 0.2) is 6.20 Å². The van der Waals surface area contributed by atoms with Crippen LogP contribution in [0.5, 0.6) is 0 Å². The van der Waals surface area contributed by atoms with Crippen molar-refractivity contribution in [3.8, 4) is 0 Å². The fourth-order valence-electron chi connectivity index (χ4n) is 2.71. The van der Waals surface area contributed by atoms with Crippen LogP contribution in [0.1, 0.15) is 45.2 Å². The second kappa shape index (κ2) is 5.80. The molecule has 0 amide bonds. The maximum atomic E-state index is 10.8. The van der Waals surface area contributed by atoms with Gasteiger partial charge in [-0.1, -0.05) is 19.1 Å². The molecule has 0 saturated carbocycles. The number of rotatable bonds is 5. The van der Waals surface area contributed by atoms with Crippen molar-refractivity contribution >= 4 is 0 Å². The molecule has 0 spiro atoms. The molecule has 2 rings (SSSR count). The Morgan fingerprint density at radius 1 is 1.22 bits per heavy atom. The molecule has 18 heavy (non-hydrogen) atoms. The highest BCUT2D eigenvalue weighted by Crippen LogP contribution is 2.32. The number of nitrogens with zero attached hydrogens (tertiary/aromatic N) is 4. The van der Waals surface area contributed by atoms with Crippen LogP contribution in [-0.2, 0) is 12.1 Å². The lowest BCUT2D eigenvalue weighted by Crippen LogP contribution is -2.43. The van der Waals surface area contributed by atoms with Crippen LogP contribution < -0.4 is 0 Å². The molecule has 0 aliphatic carbocycles. The highest BCUT2D eigenvalue weighted by molar-refractivity contribution is 5.10. The van der Waals surface area contributed by atoms with Crippen LogP contribution in [0, 0.1) is 0 Å². The predicted octanol–water partition coefficient (Wildman–Crippen LogP) is 1.38. The van der Waals surface area contributed by atoms with Gasteiger partial charge in [0.25, 0.3) is 0 Å². The van der Waals surface area contributed by atoms with E-state index in [2.05, 4.69) is 29.1 Å². The van der Waals surface area contributed by atoms with Gasteiger partial charge >= 0.3 is 0 Å². The Bertz CT molecular complexity index is 369. The molecular weight excluding hydrogens is 228 g/mol. The van der Waals surface area contributed by atoms with Gasteiger partial charge in [-0.05, 0) is 32.2 Å². The topological polar surface area (TPSA) is 54.2 Å². The molecule has 0 radical (unpaired) electrons. The summed E-state index contributed by atoms with van der Waals surface area (Å²) < 4.78 is 1.86. The molecule has 1 aliphatic heterocycles. The Kier molecular flexibility index (Phi) is 4.35. The zero-order valence-corrected chi connectivity index (χ0v) is 11.5. The Hall–Kier alpha value is -0.940. The number of aliphatic hydroxyl groups is 1. The third-order valence-corrected chi connectivity index (χ3v) is 3.75. The van der Waals surface area contributed by atoms with Crippen LogP contribution in [-0.4, -0.2) is 44.6 Å². The zero-order valence-electron chi connectivity index (χ0n) is 11.5. The number of hydrogen-bond acceptors (Lipinski definition) is 4. The SMILES string of the molecule is CCCN1CCC(O)(c2cnnn2CCC)CC1. The van der Waals surface area contributed by atoms with E-state index >= 15 is 0 Å². The molecule has 5 heteroatoms. The number of aromatic nitrogens is 3. The van der Waals surface area contributed by atoms with Crippen molar-refractivity contribution < 1.29 is 5.11 Å². The molecule has 0 unspecified atom stereocenters. The van der Waals surface area contributed by atoms with E-state index in [0.717, 1.165) is 51.1 Å². The Balaban J connectivity index is 2.06. The number of likely N-dealkylation sites (tertiary alicyclic amines) is 1. The highest BCUT2D eigenvalue weighted by Gasteiger charge is 2.36. The van der Waals surface area contributed by atoms with E-state index in [9.17, 15) is 5.11 Å². The summed E-state index contributed by atoms with van der Waals surface area (Å²) in [5.74, 6) is 0. The molecule has 0 aromatic carbocycles. The molecule has 102 valence electrons. The van der Waals surface area contributed by atoms with E-state index in [1.165, 1.54) is 6.42 Å². The average Bonchev–Trinajstić information content (AvgIpc) is 2.82. The number of aryl methyl sites for hydroxylation is 1. The van der Waals surface area contributed by atoms with Crippen molar-refractivity contribution in [3.05, 3.63) is 11.9 Å². The summed E-state index contributed by atoms with van der Waals surface area (Å²) >= 11 is 0. The third kappa shape index (κ3) is 2.72. The molecule has 1 aliphatic rings. The minimum Gasteiger partial charge on any atom is -0.383 e. The number of hydrogen-bond donors (Lipinski definition) is 1. The molecule has 1 aromatic rings. The van der Waals surface area contributed by atoms with Crippen molar-refractivity contribution in [1.82, 2.24) is 19.9 Å². The summed E-state index contributed by atoms with van der Waals surface area (Å²) in [7, 11) is 0. The predicted molar refractivity (Wildman–Crippen MR) is 70.2 cm³/mol. The van der Waals surface area contributed by atoms with Gasteiger partial charge in [-0.15, -0.1) is 5.10 Å². The van der Waals surface area contributed by atoms with Gasteiger partial charge in [0.15, 0.2) is 0 Å². The molecule has 2 heterocycles. The van der Waals surface area contributed by atoms with Crippen LogP contribution in [0.3, 0.4) is 0 Å². The summed E-state index contributed by atoms with van der Waals surface area (Å²) in [4.78, 5) is 2.42. The first kappa shape index (κ1) is 13.5. The van der Waals surface area contributed by atoms with Crippen LogP contribution in [0.25, 0.3) is 0 Å². The van der Waals surface area contributed by atoms with Crippen molar-refractivity contribution in [3.63, 3.8) is 0 Å². The maximum Gasteiger partial charge on any atom is 0.110 e. The van der Waals surface area contributed by atoms with Gasteiger partial charge in [0.2, 0.25) is 0 Å². The van der Waals surface area contributed by atoms with Gasteiger partial charge in [0.1, 0.15) is 5.60 Å². The molecule has 1 aromatic heterocycles. The molecule has 5 nitrogen and oxygen atoms in total. The van der Waals surface area contributed by atoms with Gasteiger partial charge in [-0.25, -0.2) is 4.68 Å². The average molecular weight is 252 g/mol. The largest absolute Gasteiger partial charge is 0.383 e.